The van der Waals surface area contributed by atoms with Crippen LogP contribution in [0, 0.1) is 13.8 Å². The van der Waals surface area contributed by atoms with Crippen molar-refractivity contribution in [1.82, 2.24) is 14.9 Å². The summed E-state index contributed by atoms with van der Waals surface area (Å²) in [5.74, 6) is 1.07. The monoisotopic (exact) mass is 420 g/mol. The number of rotatable bonds is 6. The Morgan fingerprint density at radius 1 is 1.19 bits per heavy atom. The van der Waals surface area contributed by atoms with Crippen molar-refractivity contribution < 1.29 is 18.7 Å². The minimum absolute atomic E-state index is 0.441. The molecular formula is C23H24N4O4. The lowest BCUT2D eigenvalue weighted by molar-refractivity contribution is -0.131. The molecule has 3 heterocycles. The fraction of sp³-hybridized carbons (Fsp3) is 0.261. The molecule has 1 aliphatic heterocycles. The quantitative estimate of drug-likeness (QED) is 0.488. The van der Waals surface area contributed by atoms with Crippen LogP contribution in [0.5, 0.6) is 5.75 Å². The van der Waals surface area contributed by atoms with Gasteiger partial charge in [-0.15, -0.1) is 5.01 Å². The first kappa shape index (κ1) is 20.5. The van der Waals surface area contributed by atoms with Crippen LogP contribution in [0.4, 0.5) is 4.79 Å². The van der Waals surface area contributed by atoms with Crippen molar-refractivity contribution in [1.29, 1.82) is 0 Å². The van der Waals surface area contributed by atoms with Crippen molar-refractivity contribution in [3.8, 4) is 5.75 Å². The summed E-state index contributed by atoms with van der Waals surface area (Å²) < 4.78 is 12.7. The number of urea groups is 1. The number of ether oxygens (including phenoxy) is 1. The maximum Gasteiger partial charge on any atom is 0.346 e. The van der Waals surface area contributed by atoms with Crippen LogP contribution in [0.15, 0.2) is 58.2 Å². The van der Waals surface area contributed by atoms with Crippen LogP contribution < -0.4 is 10.1 Å². The van der Waals surface area contributed by atoms with E-state index in [0.29, 0.717) is 17.9 Å². The number of hydrogen-bond donors (Lipinski definition) is 1. The van der Waals surface area contributed by atoms with Crippen molar-refractivity contribution in [3.05, 3.63) is 77.0 Å². The summed E-state index contributed by atoms with van der Waals surface area (Å²) in [6.45, 7) is 6.21. The standard InChI is InChI=1S/C23H24N4O4/c1-15-12-17(16(2)26(15)14-20-6-5-11-31-20)13-24-27-21(28)23(3,25-22(27)29)18-7-9-19(30-4)10-8-18/h5-13H,14H2,1-4H3,(H,25,29)/b24-13-/t23-/m1/s1. The molecule has 8 heteroatoms. The predicted octanol–water partition coefficient (Wildman–Crippen LogP) is 3.56. The summed E-state index contributed by atoms with van der Waals surface area (Å²) in [7, 11) is 1.57. The minimum atomic E-state index is -1.20. The fourth-order valence-electron chi connectivity index (χ4n) is 3.73. The van der Waals surface area contributed by atoms with Gasteiger partial charge in [-0.3, -0.25) is 4.79 Å². The Bertz CT molecular complexity index is 1150. The van der Waals surface area contributed by atoms with Crippen LogP contribution in [-0.2, 0) is 16.9 Å². The van der Waals surface area contributed by atoms with E-state index < -0.39 is 17.5 Å². The fourth-order valence-corrected chi connectivity index (χ4v) is 3.73. The Morgan fingerprint density at radius 2 is 1.94 bits per heavy atom. The highest BCUT2D eigenvalue weighted by Gasteiger charge is 2.49. The van der Waals surface area contributed by atoms with E-state index in [1.54, 1.807) is 44.6 Å². The van der Waals surface area contributed by atoms with Gasteiger partial charge in [0.25, 0.3) is 5.91 Å². The molecule has 3 amide bonds. The van der Waals surface area contributed by atoms with Crippen molar-refractivity contribution in [2.45, 2.75) is 32.9 Å². The second-order valence-corrected chi connectivity index (χ2v) is 7.64. The summed E-state index contributed by atoms with van der Waals surface area (Å²) in [5.41, 5.74) is 2.26. The molecule has 0 saturated carbocycles. The minimum Gasteiger partial charge on any atom is -0.497 e. The number of carbonyl (C=O) groups excluding carboxylic acids is 2. The molecule has 1 saturated heterocycles. The van der Waals surface area contributed by atoms with Crippen LogP contribution in [0.3, 0.4) is 0 Å². The topological polar surface area (TPSA) is 89.1 Å². The zero-order valence-corrected chi connectivity index (χ0v) is 17.9. The number of furan rings is 1. The van der Waals surface area contributed by atoms with Gasteiger partial charge in [-0.2, -0.15) is 5.10 Å². The van der Waals surface area contributed by atoms with Gasteiger partial charge >= 0.3 is 6.03 Å². The lowest BCUT2D eigenvalue weighted by Gasteiger charge is -2.21. The van der Waals surface area contributed by atoms with Crippen LogP contribution in [0.25, 0.3) is 0 Å². The highest BCUT2D eigenvalue weighted by atomic mass is 16.5. The van der Waals surface area contributed by atoms with Gasteiger partial charge in [-0.05, 0) is 56.7 Å². The third-order valence-corrected chi connectivity index (χ3v) is 5.66. The Labute approximate surface area is 180 Å². The van der Waals surface area contributed by atoms with Gasteiger partial charge in [0.2, 0.25) is 0 Å². The maximum atomic E-state index is 13.1. The summed E-state index contributed by atoms with van der Waals surface area (Å²) in [4.78, 5) is 25.6. The third kappa shape index (κ3) is 3.61. The molecule has 0 aliphatic carbocycles. The highest BCUT2D eigenvalue weighted by Crippen LogP contribution is 2.30. The normalized spacial score (nSPS) is 18.8. The van der Waals surface area contributed by atoms with Crippen LogP contribution >= 0.6 is 0 Å². The largest absolute Gasteiger partial charge is 0.497 e. The number of hydrazone groups is 1. The second kappa shape index (κ2) is 7.79. The molecule has 1 fully saturated rings. The molecule has 1 aliphatic rings. The molecule has 0 spiro atoms. The summed E-state index contributed by atoms with van der Waals surface area (Å²) in [6.07, 6.45) is 3.18. The Morgan fingerprint density at radius 3 is 2.58 bits per heavy atom. The molecule has 2 aromatic heterocycles. The molecule has 1 N–H and O–H groups in total. The lowest BCUT2D eigenvalue weighted by Crippen LogP contribution is -2.40. The molecule has 31 heavy (non-hydrogen) atoms. The molecule has 4 rings (SSSR count). The van der Waals surface area contributed by atoms with Gasteiger partial charge in [0, 0.05) is 17.0 Å². The van der Waals surface area contributed by atoms with Crippen molar-refractivity contribution in [3.63, 3.8) is 0 Å². The SMILES string of the molecule is COc1ccc([C@@]2(C)NC(=O)N(/N=C\c3cc(C)n(Cc4ccco4)c3C)C2=O)cc1. The number of benzene rings is 1. The van der Waals surface area contributed by atoms with Gasteiger partial charge in [-0.25, -0.2) is 4.79 Å². The summed E-state index contributed by atoms with van der Waals surface area (Å²) in [5, 5.41) is 7.83. The molecular weight excluding hydrogens is 396 g/mol. The van der Waals surface area contributed by atoms with Gasteiger partial charge in [0.1, 0.15) is 17.0 Å². The molecule has 0 unspecified atom stereocenters. The molecule has 3 aromatic rings. The number of nitrogens with one attached hydrogen (secondary N) is 1. The van der Waals surface area contributed by atoms with Crippen LogP contribution in [0.2, 0.25) is 0 Å². The smallest absolute Gasteiger partial charge is 0.346 e. The number of imide groups is 1. The number of amides is 3. The van der Waals surface area contributed by atoms with E-state index in [1.807, 2.05) is 32.0 Å². The number of methoxy groups -OCH3 is 1. The molecule has 0 radical (unpaired) electrons. The third-order valence-electron chi connectivity index (χ3n) is 5.66. The molecule has 0 bridgehead atoms. The number of hydrogen-bond acceptors (Lipinski definition) is 5. The van der Waals surface area contributed by atoms with E-state index in [-0.39, 0.29) is 0 Å². The number of carbonyl (C=O) groups is 2. The van der Waals surface area contributed by atoms with E-state index in [1.165, 1.54) is 6.21 Å². The first-order valence-electron chi connectivity index (χ1n) is 9.88. The predicted molar refractivity (Wildman–Crippen MR) is 115 cm³/mol. The molecule has 1 aromatic carbocycles. The molecule has 160 valence electrons. The summed E-state index contributed by atoms with van der Waals surface area (Å²) in [6, 6.07) is 12.2. The number of nitrogens with zero attached hydrogens (tertiary/aromatic N) is 3. The van der Waals surface area contributed by atoms with Crippen LogP contribution in [-0.4, -0.2) is 34.8 Å². The maximum absolute atomic E-state index is 13.1. The number of aromatic nitrogens is 1. The van der Waals surface area contributed by atoms with Crippen molar-refractivity contribution in [2.75, 3.05) is 7.11 Å². The van der Waals surface area contributed by atoms with Gasteiger partial charge < -0.3 is 19.0 Å². The highest BCUT2D eigenvalue weighted by molar-refractivity contribution is 6.07. The molecule has 1 atom stereocenters. The van der Waals surface area contributed by atoms with E-state index >= 15 is 0 Å². The van der Waals surface area contributed by atoms with E-state index in [9.17, 15) is 9.59 Å². The first-order chi connectivity index (χ1) is 14.8. The van der Waals surface area contributed by atoms with Gasteiger partial charge in [0.05, 0.1) is 26.1 Å². The average Bonchev–Trinajstić information content (AvgIpc) is 3.43. The summed E-state index contributed by atoms with van der Waals surface area (Å²) >= 11 is 0. The van der Waals surface area contributed by atoms with Gasteiger partial charge in [0.15, 0.2) is 0 Å². The van der Waals surface area contributed by atoms with Crippen molar-refractivity contribution >= 4 is 18.2 Å². The van der Waals surface area contributed by atoms with E-state index in [2.05, 4.69) is 15.0 Å². The van der Waals surface area contributed by atoms with Crippen LogP contribution in [0.1, 0.15) is 35.2 Å². The second-order valence-electron chi connectivity index (χ2n) is 7.64. The Hall–Kier alpha value is -3.81. The Kier molecular flexibility index (Phi) is 5.14. The zero-order chi connectivity index (χ0) is 22.2. The van der Waals surface area contributed by atoms with Gasteiger partial charge in [-0.1, -0.05) is 12.1 Å². The first-order valence-corrected chi connectivity index (χ1v) is 9.88. The molecule has 8 nitrogen and oxygen atoms in total. The van der Waals surface area contributed by atoms with E-state index in [4.69, 9.17) is 9.15 Å². The Balaban J connectivity index is 1.56. The number of aryl methyl sites for hydroxylation is 1. The average molecular weight is 420 g/mol. The zero-order valence-electron chi connectivity index (χ0n) is 17.9. The van der Waals surface area contributed by atoms with E-state index in [0.717, 1.165) is 27.7 Å². The lowest BCUT2D eigenvalue weighted by atomic mass is 9.92. The van der Waals surface area contributed by atoms with Crippen molar-refractivity contribution in [2.24, 2.45) is 5.10 Å².